The van der Waals surface area contributed by atoms with Gasteiger partial charge in [0.15, 0.2) is 0 Å². The van der Waals surface area contributed by atoms with E-state index in [4.69, 9.17) is 5.73 Å². The summed E-state index contributed by atoms with van der Waals surface area (Å²) < 4.78 is 14.9. The van der Waals surface area contributed by atoms with E-state index in [1.807, 2.05) is 0 Å². The lowest BCUT2D eigenvalue weighted by Gasteiger charge is -2.25. The molecule has 0 spiro atoms. The van der Waals surface area contributed by atoms with Crippen LogP contribution in [-0.2, 0) is 13.0 Å². The first-order chi connectivity index (χ1) is 11.1. The lowest BCUT2D eigenvalue weighted by molar-refractivity contribution is 0.0859. The molecule has 120 valence electrons. The quantitative estimate of drug-likeness (QED) is 0.742. The van der Waals surface area contributed by atoms with E-state index in [9.17, 15) is 9.18 Å². The van der Waals surface area contributed by atoms with Crippen LogP contribution in [0.1, 0.15) is 34.0 Å². The number of aromatic nitrogens is 2. The summed E-state index contributed by atoms with van der Waals surface area (Å²) in [6.45, 7) is 2.13. The third kappa shape index (κ3) is 2.28. The molecule has 4 rings (SSSR count). The minimum atomic E-state index is -0.432. The molecule has 0 fully saturated rings. The third-order valence-electron chi connectivity index (χ3n) is 4.59. The molecular weight excluding hydrogens is 297 g/mol. The van der Waals surface area contributed by atoms with Crippen molar-refractivity contribution in [1.29, 1.82) is 0 Å². The summed E-state index contributed by atoms with van der Waals surface area (Å²) in [5.74, 6) is -0.570. The molecule has 2 aromatic rings. The minimum absolute atomic E-state index is 0.190. The average molecular weight is 315 g/mol. The van der Waals surface area contributed by atoms with Crippen LogP contribution >= 0.6 is 0 Å². The fourth-order valence-electron chi connectivity index (χ4n) is 3.39. The van der Waals surface area contributed by atoms with Crippen molar-refractivity contribution in [2.45, 2.75) is 25.3 Å². The van der Waals surface area contributed by atoms with Crippen molar-refractivity contribution in [3.63, 3.8) is 0 Å². The summed E-state index contributed by atoms with van der Waals surface area (Å²) in [4.78, 5) is 13.0. The third-order valence-corrected chi connectivity index (χ3v) is 4.59. The zero-order valence-electron chi connectivity index (χ0n) is 12.6. The van der Waals surface area contributed by atoms with Gasteiger partial charge in [-0.05, 0) is 30.2 Å². The first kappa shape index (κ1) is 14.2. The van der Waals surface area contributed by atoms with Gasteiger partial charge < -0.3 is 16.4 Å². The number of halogens is 1. The molecule has 1 atom stereocenters. The highest BCUT2D eigenvalue weighted by Crippen LogP contribution is 2.34. The number of nitrogens with one attached hydrogen (secondary N) is 2. The number of nitrogens with two attached hydrogens (primary N) is 1. The van der Waals surface area contributed by atoms with E-state index in [0.717, 1.165) is 29.9 Å². The Hall–Kier alpha value is -2.41. The standard InChI is InChI=1S/C16H18FN5O/c17-9-1-2-13-11(7-9)10(3-6-20-13)16(23)22-15(18)12-8-19-5-4-14(12)21-22/h1-2,7,10,19-20H,3-6,8,18H2. The van der Waals surface area contributed by atoms with Gasteiger partial charge in [0.2, 0.25) is 0 Å². The fourth-order valence-corrected chi connectivity index (χ4v) is 3.39. The van der Waals surface area contributed by atoms with Crippen LogP contribution in [0.15, 0.2) is 18.2 Å². The molecule has 0 saturated carbocycles. The summed E-state index contributed by atoms with van der Waals surface area (Å²) in [5.41, 5.74) is 9.38. The Kier molecular flexibility index (Phi) is 3.30. The molecule has 0 bridgehead atoms. The van der Waals surface area contributed by atoms with Crippen LogP contribution in [0.4, 0.5) is 15.9 Å². The predicted molar refractivity (Wildman–Crippen MR) is 84.9 cm³/mol. The van der Waals surface area contributed by atoms with Gasteiger partial charge in [-0.25, -0.2) is 4.39 Å². The summed E-state index contributed by atoms with van der Waals surface area (Å²) in [6.07, 6.45) is 1.36. The molecule has 0 aliphatic carbocycles. The molecule has 4 N–H and O–H groups in total. The van der Waals surface area contributed by atoms with Crippen molar-refractivity contribution in [1.82, 2.24) is 15.1 Å². The minimum Gasteiger partial charge on any atom is -0.385 e. The van der Waals surface area contributed by atoms with Gasteiger partial charge in [-0.15, -0.1) is 0 Å². The first-order valence-corrected chi connectivity index (χ1v) is 7.79. The maximum Gasteiger partial charge on any atom is 0.256 e. The maximum atomic E-state index is 13.6. The summed E-state index contributed by atoms with van der Waals surface area (Å²) >= 11 is 0. The van der Waals surface area contributed by atoms with E-state index in [1.165, 1.54) is 16.8 Å². The van der Waals surface area contributed by atoms with Crippen LogP contribution in [0.3, 0.4) is 0 Å². The normalized spacial score (nSPS) is 19.6. The van der Waals surface area contributed by atoms with Crippen molar-refractivity contribution in [2.24, 2.45) is 0 Å². The van der Waals surface area contributed by atoms with Crippen molar-refractivity contribution < 1.29 is 9.18 Å². The molecule has 3 heterocycles. The monoisotopic (exact) mass is 315 g/mol. The van der Waals surface area contributed by atoms with Crippen molar-refractivity contribution in [3.8, 4) is 0 Å². The van der Waals surface area contributed by atoms with E-state index in [2.05, 4.69) is 15.7 Å². The van der Waals surface area contributed by atoms with Crippen LogP contribution in [0.25, 0.3) is 0 Å². The number of nitrogens with zero attached hydrogens (tertiary/aromatic N) is 2. The summed E-state index contributed by atoms with van der Waals surface area (Å²) in [6, 6.07) is 4.49. The van der Waals surface area contributed by atoms with Crippen molar-refractivity contribution in [3.05, 3.63) is 40.8 Å². The molecule has 0 amide bonds. The highest BCUT2D eigenvalue weighted by molar-refractivity contribution is 5.90. The SMILES string of the molecule is Nc1c2c(nn1C(=O)C1CCNc3ccc(F)cc31)CCNC2. The average Bonchev–Trinajstić information content (AvgIpc) is 2.91. The van der Waals surface area contributed by atoms with Crippen LogP contribution in [0.5, 0.6) is 0 Å². The molecule has 0 saturated heterocycles. The van der Waals surface area contributed by atoms with Crippen LogP contribution in [0, 0.1) is 5.82 Å². The largest absolute Gasteiger partial charge is 0.385 e. The first-order valence-electron chi connectivity index (χ1n) is 7.79. The molecule has 7 heteroatoms. The number of benzene rings is 1. The van der Waals surface area contributed by atoms with Gasteiger partial charge in [0, 0.05) is 37.3 Å². The van der Waals surface area contributed by atoms with Gasteiger partial charge in [-0.3, -0.25) is 4.79 Å². The number of nitrogen functional groups attached to an aromatic ring is 1. The zero-order chi connectivity index (χ0) is 16.0. The summed E-state index contributed by atoms with van der Waals surface area (Å²) in [5, 5.41) is 10.8. The molecule has 1 unspecified atom stereocenters. The topological polar surface area (TPSA) is 85.0 Å². The van der Waals surface area contributed by atoms with Crippen LogP contribution in [0.2, 0.25) is 0 Å². The second-order valence-corrected chi connectivity index (χ2v) is 5.99. The lowest BCUT2D eigenvalue weighted by Crippen LogP contribution is -2.28. The number of anilines is 2. The highest BCUT2D eigenvalue weighted by Gasteiger charge is 2.31. The molecular formula is C16H18FN5O. The second kappa shape index (κ2) is 5.34. The molecule has 1 aromatic heterocycles. The Balaban J connectivity index is 1.74. The maximum absolute atomic E-state index is 13.6. The van der Waals surface area contributed by atoms with Gasteiger partial charge >= 0.3 is 0 Å². The van der Waals surface area contributed by atoms with Crippen molar-refractivity contribution in [2.75, 3.05) is 24.1 Å². The Morgan fingerprint density at radius 2 is 2.26 bits per heavy atom. The Morgan fingerprint density at radius 3 is 3.09 bits per heavy atom. The van der Waals surface area contributed by atoms with Gasteiger partial charge in [-0.1, -0.05) is 0 Å². The Morgan fingerprint density at radius 1 is 1.39 bits per heavy atom. The fraction of sp³-hybridized carbons (Fsp3) is 0.375. The molecule has 6 nitrogen and oxygen atoms in total. The Bertz CT molecular complexity index is 785. The lowest BCUT2D eigenvalue weighted by atomic mass is 9.90. The summed E-state index contributed by atoms with van der Waals surface area (Å²) in [7, 11) is 0. The van der Waals surface area contributed by atoms with E-state index in [0.29, 0.717) is 30.9 Å². The number of hydrogen-bond acceptors (Lipinski definition) is 5. The number of hydrogen-bond donors (Lipinski definition) is 3. The zero-order valence-corrected chi connectivity index (χ0v) is 12.6. The smallest absolute Gasteiger partial charge is 0.256 e. The van der Waals surface area contributed by atoms with Crippen LogP contribution in [-0.4, -0.2) is 28.8 Å². The van der Waals surface area contributed by atoms with Crippen LogP contribution < -0.4 is 16.4 Å². The molecule has 0 radical (unpaired) electrons. The van der Waals surface area contributed by atoms with Gasteiger partial charge in [-0.2, -0.15) is 9.78 Å². The molecule has 23 heavy (non-hydrogen) atoms. The van der Waals surface area contributed by atoms with E-state index in [1.54, 1.807) is 6.07 Å². The van der Waals surface area contributed by atoms with Gasteiger partial charge in [0.05, 0.1) is 11.6 Å². The predicted octanol–water partition coefficient (Wildman–Crippen LogP) is 1.49. The van der Waals surface area contributed by atoms with E-state index < -0.39 is 5.92 Å². The van der Waals surface area contributed by atoms with Gasteiger partial charge in [0.1, 0.15) is 11.6 Å². The number of fused-ring (bicyclic) bond motifs is 2. The number of carbonyl (C=O) groups excluding carboxylic acids is 1. The molecule has 2 aliphatic heterocycles. The second-order valence-electron chi connectivity index (χ2n) is 5.99. The van der Waals surface area contributed by atoms with E-state index >= 15 is 0 Å². The van der Waals surface area contributed by atoms with Gasteiger partial charge in [0.25, 0.3) is 5.91 Å². The Labute approximate surface area is 132 Å². The number of carbonyl (C=O) groups is 1. The highest BCUT2D eigenvalue weighted by atomic mass is 19.1. The molecule has 1 aromatic carbocycles. The van der Waals surface area contributed by atoms with E-state index in [-0.39, 0.29) is 11.7 Å². The number of rotatable bonds is 1. The van der Waals surface area contributed by atoms with Crippen molar-refractivity contribution >= 4 is 17.4 Å². The molecule has 2 aliphatic rings.